The van der Waals surface area contributed by atoms with Crippen LogP contribution in [0.5, 0.6) is 0 Å². The van der Waals surface area contributed by atoms with Crippen molar-refractivity contribution in [3.63, 3.8) is 0 Å². The summed E-state index contributed by atoms with van der Waals surface area (Å²) in [5.74, 6) is -1.15. The van der Waals surface area contributed by atoms with Crippen molar-refractivity contribution in [2.75, 3.05) is 6.61 Å². The third kappa shape index (κ3) is 3.35. The molecule has 0 amide bonds. The van der Waals surface area contributed by atoms with Gasteiger partial charge in [-0.3, -0.25) is 0 Å². The molecule has 2 rings (SSSR count). The average molecular weight is 266 g/mol. The lowest BCUT2D eigenvalue weighted by Gasteiger charge is -1.98. The SMILES string of the molecule is Cc1ccc(-c2nnc(COCC(=O)O)o2)cc1F. The topological polar surface area (TPSA) is 85.5 Å². The van der Waals surface area contributed by atoms with E-state index < -0.39 is 12.6 Å². The smallest absolute Gasteiger partial charge is 0.329 e. The minimum atomic E-state index is -1.08. The van der Waals surface area contributed by atoms with Crippen LogP contribution in [0.15, 0.2) is 22.6 Å². The molecule has 0 unspecified atom stereocenters. The molecule has 0 atom stereocenters. The summed E-state index contributed by atoms with van der Waals surface area (Å²) in [4.78, 5) is 10.3. The van der Waals surface area contributed by atoms with Crippen molar-refractivity contribution in [1.29, 1.82) is 0 Å². The van der Waals surface area contributed by atoms with Crippen LogP contribution in [0, 0.1) is 12.7 Å². The molecule has 0 saturated carbocycles. The Balaban J connectivity index is 2.07. The fourth-order valence-corrected chi connectivity index (χ4v) is 1.38. The molecular weight excluding hydrogens is 255 g/mol. The van der Waals surface area contributed by atoms with E-state index in [0.29, 0.717) is 11.1 Å². The van der Waals surface area contributed by atoms with Gasteiger partial charge in [-0.25, -0.2) is 9.18 Å². The zero-order valence-electron chi connectivity index (χ0n) is 10.1. The molecule has 6 nitrogen and oxygen atoms in total. The Morgan fingerprint density at radius 3 is 2.95 bits per heavy atom. The van der Waals surface area contributed by atoms with Crippen molar-refractivity contribution < 1.29 is 23.4 Å². The molecule has 7 heteroatoms. The lowest BCUT2D eigenvalue weighted by molar-refractivity contribution is -0.142. The molecule has 0 bridgehead atoms. The van der Waals surface area contributed by atoms with Crippen LogP contribution in [-0.4, -0.2) is 27.9 Å². The number of aromatic nitrogens is 2. The monoisotopic (exact) mass is 266 g/mol. The number of nitrogens with zero attached hydrogens (tertiary/aromatic N) is 2. The first-order valence-corrected chi connectivity index (χ1v) is 5.44. The predicted molar refractivity (Wildman–Crippen MR) is 61.7 cm³/mol. The molecule has 0 saturated heterocycles. The molecule has 1 aromatic carbocycles. The van der Waals surface area contributed by atoms with Gasteiger partial charge < -0.3 is 14.3 Å². The van der Waals surface area contributed by atoms with E-state index in [1.165, 1.54) is 6.07 Å². The number of aryl methyl sites for hydroxylation is 1. The van der Waals surface area contributed by atoms with Crippen molar-refractivity contribution in [2.45, 2.75) is 13.5 Å². The van der Waals surface area contributed by atoms with Crippen LogP contribution in [0.4, 0.5) is 4.39 Å². The van der Waals surface area contributed by atoms with E-state index in [9.17, 15) is 9.18 Å². The number of carbonyl (C=O) groups is 1. The summed E-state index contributed by atoms with van der Waals surface area (Å²) in [6, 6.07) is 4.56. The summed E-state index contributed by atoms with van der Waals surface area (Å²) in [6.07, 6.45) is 0. The highest BCUT2D eigenvalue weighted by atomic mass is 19.1. The van der Waals surface area contributed by atoms with Gasteiger partial charge in [0, 0.05) is 5.56 Å². The molecule has 0 aliphatic heterocycles. The second-order valence-corrected chi connectivity index (χ2v) is 3.85. The minimum absolute atomic E-state index is 0.104. The second-order valence-electron chi connectivity index (χ2n) is 3.85. The number of ether oxygens (including phenoxy) is 1. The van der Waals surface area contributed by atoms with E-state index in [-0.39, 0.29) is 24.2 Å². The Bertz CT molecular complexity index is 597. The van der Waals surface area contributed by atoms with Gasteiger partial charge in [-0.15, -0.1) is 10.2 Å². The summed E-state index contributed by atoms with van der Waals surface area (Å²) < 4.78 is 23.4. The second kappa shape index (κ2) is 5.57. The Morgan fingerprint density at radius 2 is 2.26 bits per heavy atom. The molecule has 0 fully saturated rings. The maximum absolute atomic E-state index is 13.4. The van der Waals surface area contributed by atoms with Crippen molar-refractivity contribution >= 4 is 5.97 Å². The Labute approximate surface area is 107 Å². The number of carboxylic acids is 1. The van der Waals surface area contributed by atoms with Crippen molar-refractivity contribution in [3.8, 4) is 11.5 Å². The zero-order valence-corrected chi connectivity index (χ0v) is 10.1. The third-order valence-corrected chi connectivity index (χ3v) is 2.34. The number of halogens is 1. The fraction of sp³-hybridized carbons (Fsp3) is 0.250. The molecule has 1 aromatic heterocycles. The van der Waals surface area contributed by atoms with E-state index in [0.717, 1.165) is 0 Å². The van der Waals surface area contributed by atoms with E-state index in [2.05, 4.69) is 10.2 Å². The summed E-state index contributed by atoms with van der Waals surface area (Å²) in [5, 5.41) is 15.8. The largest absolute Gasteiger partial charge is 0.480 e. The summed E-state index contributed by atoms with van der Waals surface area (Å²) >= 11 is 0. The number of rotatable bonds is 5. The molecule has 0 aliphatic rings. The standard InChI is InChI=1S/C12H11FN2O4/c1-7-2-3-8(4-9(7)13)12-15-14-10(19-12)5-18-6-11(16)17/h2-4H,5-6H2,1H3,(H,16,17). The van der Waals surface area contributed by atoms with Crippen LogP contribution in [0.3, 0.4) is 0 Å². The fourth-order valence-electron chi connectivity index (χ4n) is 1.38. The molecule has 1 heterocycles. The molecule has 0 radical (unpaired) electrons. The lowest BCUT2D eigenvalue weighted by Crippen LogP contribution is -2.06. The lowest BCUT2D eigenvalue weighted by atomic mass is 10.1. The van der Waals surface area contributed by atoms with Gasteiger partial charge in [0.15, 0.2) is 0 Å². The molecule has 100 valence electrons. The molecule has 2 aromatic rings. The molecule has 0 spiro atoms. The van der Waals surface area contributed by atoms with Gasteiger partial charge in [0.05, 0.1) is 0 Å². The van der Waals surface area contributed by atoms with Gasteiger partial charge in [-0.2, -0.15) is 0 Å². The number of hydrogen-bond acceptors (Lipinski definition) is 5. The van der Waals surface area contributed by atoms with Crippen LogP contribution in [0.25, 0.3) is 11.5 Å². The van der Waals surface area contributed by atoms with E-state index in [4.69, 9.17) is 14.3 Å². The first-order valence-electron chi connectivity index (χ1n) is 5.44. The summed E-state index contributed by atoms with van der Waals surface area (Å²) in [6.45, 7) is 1.10. The van der Waals surface area contributed by atoms with Crippen LogP contribution < -0.4 is 0 Å². The third-order valence-electron chi connectivity index (χ3n) is 2.34. The maximum Gasteiger partial charge on any atom is 0.329 e. The highest BCUT2D eigenvalue weighted by Crippen LogP contribution is 2.20. The highest BCUT2D eigenvalue weighted by molar-refractivity contribution is 5.67. The van der Waals surface area contributed by atoms with Crippen LogP contribution in [0.1, 0.15) is 11.5 Å². The van der Waals surface area contributed by atoms with Gasteiger partial charge >= 0.3 is 5.97 Å². The first kappa shape index (κ1) is 13.2. The van der Waals surface area contributed by atoms with E-state index in [1.54, 1.807) is 19.1 Å². The Kier molecular flexibility index (Phi) is 3.86. The number of carboxylic acid groups (broad SMARTS) is 1. The molecule has 19 heavy (non-hydrogen) atoms. The zero-order chi connectivity index (χ0) is 13.8. The molecular formula is C12H11FN2O4. The van der Waals surface area contributed by atoms with Gasteiger partial charge in [0.2, 0.25) is 11.8 Å². The van der Waals surface area contributed by atoms with Crippen LogP contribution in [-0.2, 0) is 16.1 Å². The first-order chi connectivity index (χ1) is 9.06. The van der Waals surface area contributed by atoms with E-state index in [1.807, 2.05) is 0 Å². The maximum atomic E-state index is 13.4. The van der Waals surface area contributed by atoms with Gasteiger partial charge in [0.25, 0.3) is 0 Å². The molecule has 1 N–H and O–H groups in total. The van der Waals surface area contributed by atoms with E-state index >= 15 is 0 Å². The quantitative estimate of drug-likeness (QED) is 0.887. The van der Waals surface area contributed by atoms with Crippen molar-refractivity contribution in [1.82, 2.24) is 10.2 Å². The van der Waals surface area contributed by atoms with Crippen LogP contribution in [0.2, 0.25) is 0 Å². The van der Waals surface area contributed by atoms with Gasteiger partial charge in [-0.1, -0.05) is 6.07 Å². The number of benzene rings is 1. The number of aliphatic carboxylic acids is 1. The van der Waals surface area contributed by atoms with Gasteiger partial charge in [0.1, 0.15) is 19.0 Å². The van der Waals surface area contributed by atoms with Crippen molar-refractivity contribution in [3.05, 3.63) is 35.5 Å². The summed E-state index contributed by atoms with van der Waals surface area (Å²) in [7, 11) is 0. The minimum Gasteiger partial charge on any atom is -0.480 e. The van der Waals surface area contributed by atoms with Gasteiger partial charge in [-0.05, 0) is 24.6 Å². The van der Waals surface area contributed by atoms with Crippen LogP contribution >= 0.6 is 0 Å². The number of hydrogen-bond donors (Lipinski definition) is 1. The predicted octanol–water partition coefficient (Wildman–Crippen LogP) is 1.79. The van der Waals surface area contributed by atoms with Crippen molar-refractivity contribution in [2.24, 2.45) is 0 Å². The molecule has 0 aliphatic carbocycles. The Hall–Kier alpha value is -2.28. The average Bonchev–Trinajstić information content (AvgIpc) is 2.81. The Morgan fingerprint density at radius 1 is 1.47 bits per heavy atom. The summed E-state index contributed by atoms with van der Waals surface area (Å²) in [5.41, 5.74) is 0.980. The highest BCUT2D eigenvalue weighted by Gasteiger charge is 2.10. The normalized spacial score (nSPS) is 10.6.